The minimum absolute atomic E-state index is 0.153. The normalized spacial score (nSPS) is 20.4. The van der Waals surface area contributed by atoms with Gasteiger partial charge >= 0.3 is 0 Å². The number of morpholine rings is 1. The molecule has 1 saturated heterocycles. The summed E-state index contributed by atoms with van der Waals surface area (Å²) in [5, 5.41) is 4.91. The first-order chi connectivity index (χ1) is 11.2. The number of benzene rings is 1. The number of aromatic nitrogens is 2. The molecule has 5 nitrogen and oxygen atoms in total. The van der Waals surface area contributed by atoms with E-state index in [1.54, 1.807) is 13.3 Å². The summed E-state index contributed by atoms with van der Waals surface area (Å²) in [5.74, 6) is 0.709. The molecule has 1 fully saturated rings. The Bertz CT molecular complexity index is 633. The van der Waals surface area contributed by atoms with Gasteiger partial charge in [0.15, 0.2) is 0 Å². The number of ether oxygens (including phenoxy) is 2. The van der Waals surface area contributed by atoms with E-state index in [1.807, 2.05) is 29.1 Å². The van der Waals surface area contributed by atoms with Gasteiger partial charge in [-0.25, -0.2) is 0 Å². The quantitative estimate of drug-likeness (QED) is 0.842. The molecule has 1 aromatic heterocycles. The lowest BCUT2D eigenvalue weighted by Gasteiger charge is -2.37. The minimum atomic E-state index is 0.153. The summed E-state index contributed by atoms with van der Waals surface area (Å²) in [7, 11) is 1.63. The molecular formula is C17H22ClN3O2. The van der Waals surface area contributed by atoms with E-state index in [1.165, 1.54) is 5.56 Å². The summed E-state index contributed by atoms with van der Waals surface area (Å²) in [6.45, 7) is 5.51. The van der Waals surface area contributed by atoms with E-state index in [0.29, 0.717) is 10.8 Å². The predicted octanol–water partition coefficient (Wildman–Crippen LogP) is 3.01. The van der Waals surface area contributed by atoms with E-state index in [-0.39, 0.29) is 12.1 Å². The van der Waals surface area contributed by atoms with E-state index in [2.05, 4.69) is 23.0 Å². The first kappa shape index (κ1) is 16.3. The zero-order valence-corrected chi connectivity index (χ0v) is 14.2. The van der Waals surface area contributed by atoms with E-state index in [0.717, 1.165) is 26.2 Å². The van der Waals surface area contributed by atoms with Crippen LogP contribution in [0.5, 0.6) is 5.75 Å². The van der Waals surface area contributed by atoms with Crippen molar-refractivity contribution in [3.05, 3.63) is 47.2 Å². The third kappa shape index (κ3) is 3.86. The maximum atomic E-state index is 6.26. The highest BCUT2D eigenvalue weighted by atomic mass is 35.5. The average molecular weight is 336 g/mol. The van der Waals surface area contributed by atoms with Crippen molar-refractivity contribution in [1.29, 1.82) is 0 Å². The Morgan fingerprint density at radius 3 is 3.04 bits per heavy atom. The summed E-state index contributed by atoms with van der Waals surface area (Å²) in [4.78, 5) is 2.43. The van der Waals surface area contributed by atoms with Crippen LogP contribution in [0.1, 0.15) is 18.5 Å². The smallest absolute Gasteiger partial charge is 0.137 e. The average Bonchev–Trinajstić information content (AvgIpc) is 3.07. The van der Waals surface area contributed by atoms with Crippen LogP contribution in [0.25, 0.3) is 0 Å². The summed E-state index contributed by atoms with van der Waals surface area (Å²) in [6.07, 6.45) is 3.91. The second kappa shape index (κ2) is 7.34. The molecule has 0 N–H and O–H groups in total. The van der Waals surface area contributed by atoms with Gasteiger partial charge in [0.2, 0.25) is 0 Å². The Labute approximate surface area is 141 Å². The van der Waals surface area contributed by atoms with Gasteiger partial charge < -0.3 is 9.47 Å². The van der Waals surface area contributed by atoms with E-state index >= 15 is 0 Å². The molecule has 0 radical (unpaired) electrons. The fraction of sp³-hybridized carbons (Fsp3) is 0.471. The van der Waals surface area contributed by atoms with Gasteiger partial charge in [0.05, 0.1) is 31.4 Å². The fourth-order valence-corrected chi connectivity index (χ4v) is 3.24. The maximum absolute atomic E-state index is 6.26. The molecule has 3 rings (SSSR count). The third-order valence-corrected chi connectivity index (χ3v) is 4.62. The summed E-state index contributed by atoms with van der Waals surface area (Å²) >= 11 is 6.26. The first-order valence-corrected chi connectivity index (χ1v) is 8.21. The van der Waals surface area contributed by atoms with Crippen LogP contribution >= 0.6 is 11.6 Å². The van der Waals surface area contributed by atoms with Crippen molar-refractivity contribution >= 4 is 11.6 Å². The highest BCUT2D eigenvalue weighted by Gasteiger charge is 2.25. The Kier molecular flexibility index (Phi) is 5.20. The summed E-state index contributed by atoms with van der Waals surface area (Å²) in [5.41, 5.74) is 1.19. The monoisotopic (exact) mass is 335 g/mol. The van der Waals surface area contributed by atoms with Crippen molar-refractivity contribution in [2.24, 2.45) is 0 Å². The van der Waals surface area contributed by atoms with Crippen molar-refractivity contribution in [3.8, 4) is 5.75 Å². The van der Waals surface area contributed by atoms with Crippen molar-refractivity contribution in [2.75, 3.05) is 26.8 Å². The third-order valence-electron chi connectivity index (χ3n) is 4.33. The fourth-order valence-electron chi connectivity index (χ4n) is 2.97. The topological polar surface area (TPSA) is 39.5 Å². The molecule has 0 spiro atoms. The highest BCUT2D eigenvalue weighted by molar-refractivity contribution is 6.32. The van der Waals surface area contributed by atoms with Crippen LogP contribution in [0.15, 0.2) is 36.7 Å². The molecule has 0 bridgehead atoms. The second-order valence-corrected chi connectivity index (χ2v) is 6.19. The van der Waals surface area contributed by atoms with Gasteiger partial charge in [-0.15, -0.1) is 0 Å². The highest BCUT2D eigenvalue weighted by Crippen LogP contribution is 2.30. The number of hydrogen-bond acceptors (Lipinski definition) is 4. The second-order valence-electron chi connectivity index (χ2n) is 5.79. The Morgan fingerprint density at radius 1 is 1.48 bits per heavy atom. The molecule has 2 heterocycles. The largest absolute Gasteiger partial charge is 0.495 e. The van der Waals surface area contributed by atoms with Crippen LogP contribution in [0.3, 0.4) is 0 Å². The summed E-state index contributed by atoms with van der Waals surface area (Å²) < 4.78 is 13.0. The Morgan fingerprint density at radius 2 is 2.35 bits per heavy atom. The molecule has 0 aliphatic carbocycles. The van der Waals surface area contributed by atoms with Crippen LogP contribution in [0.4, 0.5) is 0 Å². The van der Waals surface area contributed by atoms with Gasteiger partial charge in [-0.1, -0.05) is 17.7 Å². The van der Waals surface area contributed by atoms with Gasteiger partial charge in [-0.3, -0.25) is 9.58 Å². The minimum Gasteiger partial charge on any atom is -0.495 e. The maximum Gasteiger partial charge on any atom is 0.137 e. The number of nitrogens with zero attached hydrogens (tertiary/aromatic N) is 3. The van der Waals surface area contributed by atoms with Crippen LogP contribution in [0.2, 0.25) is 5.02 Å². The number of rotatable bonds is 5. The molecule has 23 heavy (non-hydrogen) atoms. The lowest BCUT2D eigenvalue weighted by atomic mass is 10.1. The van der Waals surface area contributed by atoms with Gasteiger partial charge in [-0.2, -0.15) is 5.10 Å². The molecule has 124 valence electrons. The van der Waals surface area contributed by atoms with Crippen LogP contribution in [-0.2, 0) is 11.3 Å². The summed E-state index contributed by atoms with van der Waals surface area (Å²) in [6, 6.07) is 8.21. The van der Waals surface area contributed by atoms with Crippen LogP contribution < -0.4 is 4.74 Å². The molecule has 0 unspecified atom stereocenters. The van der Waals surface area contributed by atoms with Crippen molar-refractivity contribution in [1.82, 2.24) is 14.7 Å². The van der Waals surface area contributed by atoms with E-state index in [9.17, 15) is 0 Å². The van der Waals surface area contributed by atoms with Gasteiger partial charge in [0, 0.05) is 31.5 Å². The molecule has 0 saturated carbocycles. The molecule has 1 aliphatic heterocycles. The molecule has 2 aromatic rings. The molecule has 1 aromatic carbocycles. The van der Waals surface area contributed by atoms with Crippen molar-refractivity contribution in [3.63, 3.8) is 0 Å². The van der Waals surface area contributed by atoms with Crippen LogP contribution in [-0.4, -0.2) is 47.6 Å². The number of hydrogen-bond donors (Lipinski definition) is 0. The lowest BCUT2D eigenvalue weighted by Crippen LogP contribution is -2.45. The molecule has 2 atom stereocenters. The van der Waals surface area contributed by atoms with Crippen molar-refractivity contribution in [2.45, 2.75) is 25.6 Å². The van der Waals surface area contributed by atoms with Gasteiger partial charge in [-0.05, 0) is 30.7 Å². The molecule has 1 aliphatic rings. The van der Waals surface area contributed by atoms with Crippen LogP contribution in [0, 0.1) is 0 Å². The zero-order valence-electron chi connectivity index (χ0n) is 13.5. The number of methoxy groups -OCH3 is 1. The Hall–Kier alpha value is -1.56. The predicted molar refractivity (Wildman–Crippen MR) is 90.0 cm³/mol. The van der Waals surface area contributed by atoms with Gasteiger partial charge in [0.1, 0.15) is 5.75 Å². The molecule has 6 heteroatoms. The van der Waals surface area contributed by atoms with E-state index in [4.69, 9.17) is 21.1 Å². The first-order valence-electron chi connectivity index (χ1n) is 7.84. The zero-order chi connectivity index (χ0) is 16.2. The Balaban J connectivity index is 1.66. The molecular weight excluding hydrogens is 314 g/mol. The van der Waals surface area contributed by atoms with E-state index < -0.39 is 0 Å². The SMILES string of the molecule is COc1ccc([C@H](C)N2CCO[C@@H](Cn3cccn3)C2)cc1Cl. The van der Waals surface area contributed by atoms with Gasteiger partial charge in [0.25, 0.3) is 0 Å². The number of halogens is 1. The van der Waals surface area contributed by atoms with Crippen molar-refractivity contribution < 1.29 is 9.47 Å². The lowest BCUT2D eigenvalue weighted by molar-refractivity contribution is -0.0497. The standard InChI is InChI=1S/C17H22ClN3O2/c1-13(14-4-5-17(22-2)16(18)10-14)20-8-9-23-15(11-20)12-21-7-3-6-19-21/h3-7,10,13,15H,8-9,11-12H2,1-2H3/t13-,15+/m0/s1. The molecule has 0 amide bonds.